The zero-order valence-corrected chi connectivity index (χ0v) is 9.45. The minimum atomic E-state index is -1.59. The molecule has 3 N–H and O–H groups in total. The highest BCUT2D eigenvalue weighted by Gasteiger charge is 2.24. The van der Waals surface area contributed by atoms with E-state index in [0.717, 1.165) is 0 Å². The molecule has 1 atom stereocenters. The van der Waals surface area contributed by atoms with Crippen molar-refractivity contribution in [3.8, 4) is 11.5 Å². The average molecular weight is 244 g/mol. The van der Waals surface area contributed by atoms with Gasteiger partial charge in [0.25, 0.3) is 0 Å². The second kappa shape index (κ2) is 4.89. The summed E-state index contributed by atoms with van der Waals surface area (Å²) in [5, 5.41) is 29.1. The number of hydrogen-bond donors (Lipinski definition) is 3. The highest BCUT2D eigenvalue weighted by atomic mass is 16.3. The van der Waals surface area contributed by atoms with Gasteiger partial charge in [-0.25, -0.2) is 0 Å². The summed E-state index contributed by atoms with van der Waals surface area (Å²) in [6, 6.07) is 12.2. The highest BCUT2D eigenvalue weighted by Crippen LogP contribution is 2.33. The zero-order chi connectivity index (χ0) is 13.1. The number of carbonyl (C=O) groups excluding carboxylic acids is 1. The van der Waals surface area contributed by atoms with Crippen LogP contribution in [-0.4, -0.2) is 21.1 Å². The van der Waals surface area contributed by atoms with Crippen molar-refractivity contribution in [3.63, 3.8) is 0 Å². The molecular formula is C14H12O4. The molecule has 0 amide bonds. The van der Waals surface area contributed by atoms with Gasteiger partial charge in [0.2, 0.25) is 0 Å². The number of Topliss-reactive ketones (excluding diaryl/α,β-unsaturated/α-hetero) is 1. The number of phenolic OH excluding ortho intramolecular Hbond substituents is 2. The molecule has 0 aliphatic rings. The average Bonchev–Trinajstić information content (AvgIpc) is 2.38. The quantitative estimate of drug-likeness (QED) is 0.722. The second-order valence-electron chi connectivity index (χ2n) is 3.84. The van der Waals surface area contributed by atoms with Gasteiger partial charge in [-0.15, -0.1) is 0 Å². The molecule has 4 nitrogen and oxygen atoms in total. The summed E-state index contributed by atoms with van der Waals surface area (Å²) in [5.74, 6) is -1.20. The molecule has 92 valence electrons. The molecule has 2 aromatic carbocycles. The van der Waals surface area contributed by atoms with E-state index in [1.165, 1.54) is 18.2 Å². The molecule has 0 radical (unpaired) electrons. The number of rotatable bonds is 3. The van der Waals surface area contributed by atoms with Crippen LogP contribution in [-0.2, 0) is 0 Å². The number of aromatic hydroxyl groups is 2. The Labute approximate surface area is 104 Å². The van der Waals surface area contributed by atoms with Crippen molar-refractivity contribution in [2.75, 3.05) is 0 Å². The Kier molecular flexibility index (Phi) is 3.30. The summed E-state index contributed by atoms with van der Waals surface area (Å²) in [6.45, 7) is 0. The molecular weight excluding hydrogens is 232 g/mol. The molecule has 2 aromatic rings. The molecule has 0 bridgehead atoms. The normalized spacial score (nSPS) is 12.1. The maximum atomic E-state index is 12.0. The van der Waals surface area contributed by atoms with Crippen molar-refractivity contribution in [1.29, 1.82) is 0 Å². The molecule has 0 saturated carbocycles. The first-order chi connectivity index (χ1) is 8.61. The van der Waals surface area contributed by atoms with Gasteiger partial charge in [0, 0.05) is 5.56 Å². The van der Waals surface area contributed by atoms with Crippen LogP contribution in [0.25, 0.3) is 0 Å². The molecule has 0 saturated heterocycles. The van der Waals surface area contributed by atoms with E-state index >= 15 is 0 Å². The zero-order valence-electron chi connectivity index (χ0n) is 9.45. The summed E-state index contributed by atoms with van der Waals surface area (Å²) < 4.78 is 0. The molecule has 0 aromatic heterocycles. The van der Waals surface area contributed by atoms with E-state index in [1.54, 1.807) is 30.3 Å². The van der Waals surface area contributed by atoms with E-state index in [9.17, 15) is 20.1 Å². The van der Waals surface area contributed by atoms with Crippen LogP contribution in [0.1, 0.15) is 22.0 Å². The first-order valence-corrected chi connectivity index (χ1v) is 5.39. The van der Waals surface area contributed by atoms with Crippen molar-refractivity contribution in [2.24, 2.45) is 0 Å². The fourth-order valence-corrected chi connectivity index (χ4v) is 1.71. The van der Waals surface area contributed by atoms with Gasteiger partial charge < -0.3 is 15.3 Å². The van der Waals surface area contributed by atoms with E-state index in [1.807, 2.05) is 0 Å². The van der Waals surface area contributed by atoms with Crippen LogP contribution in [0.15, 0.2) is 48.5 Å². The van der Waals surface area contributed by atoms with Crippen molar-refractivity contribution < 1.29 is 20.1 Å². The van der Waals surface area contributed by atoms with Crippen LogP contribution in [0.2, 0.25) is 0 Å². The molecule has 0 spiro atoms. The predicted molar refractivity (Wildman–Crippen MR) is 65.5 cm³/mol. The predicted octanol–water partition coefficient (Wildman–Crippen LogP) is 2.01. The fraction of sp³-hybridized carbons (Fsp3) is 0.0714. The first-order valence-electron chi connectivity index (χ1n) is 5.39. The largest absolute Gasteiger partial charge is 0.507 e. The SMILES string of the molecule is O=C(c1ccccc1)C(O)c1c(O)cccc1O. The summed E-state index contributed by atoms with van der Waals surface area (Å²) in [7, 11) is 0. The summed E-state index contributed by atoms with van der Waals surface area (Å²) in [6.07, 6.45) is -1.59. The van der Waals surface area contributed by atoms with Crippen molar-refractivity contribution in [2.45, 2.75) is 6.10 Å². The van der Waals surface area contributed by atoms with Gasteiger partial charge in [0.15, 0.2) is 5.78 Å². The smallest absolute Gasteiger partial charge is 0.196 e. The van der Waals surface area contributed by atoms with Gasteiger partial charge in [-0.1, -0.05) is 36.4 Å². The number of aliphatic hydroxyl groups excluding tert-OH is 1. The van der Waals surface area contributed by atoms with E-state index in [-0.39, 0.29) is 17.1 Å². The Balaban J connectivity index is 2.38. The summed E-state index contributed by atoms with van der Waals surface area (Å²) in [4.78, 5) is 12.0. The van der Waals surface area contributed by atoms with Crippen LogP contribution in [0, 0.1) is 0 Å². The van der Waals surface area contributed by atoms with E-state index in [2.05, 4.69) is 0 Å². The van der Waals surface area contributed by atoms with Crippen LogP contribution < -0.4 is 0 Å². The number of aliphatic hydroxyl groups is 1. The number of phenols is 2. The Hall–Kier alpha value is -2.33. The standard InChI is InChI=1S/C14H12O4/c15-10-7-4-8-11(16)12(10)14(18)13(17)9-5-2-1-3-6-9/h1-8,14-16,18H. The van der Waals surface area contributed by atoms with Crippen molar-refractivity contribution in [1.82, 2.24) is 0 Å². The second-order valence-corrected chi connectivity index (χ2v) is 3.84. The minimum Gasteiger partial charge on any atom is -0.507 e. The lowest BCUT2D eigenvalue weighted by Gasteiger charge is -2.13. The summed E-state index contributed by atoms with van der Waals surface area (Å²) in [5.41, 5.74) is 0.138. The van der Waals surface area contributed by atoms with Gasteiger partial charge in [-0.05, 0) is 12.1 Å². The fourth-order valence-electron chi connectivity index (χ4n) is 1.71. The van der Waals surface area contributed by atoms with E-state index < -0.39 is 11.9 Å². The highest BCUT2D eigenvalue weighted by molar-refractivity contribution is 6.00. The molecule has 0 aliphatic heterocycles. The molecule has 0 heterocycles. The number of ketones is 1. The number of benzene rings is 2. The lowest BCUT2D eigenvalue weighted by atomic mass is 9.98. The Morgan fingerprint density at radius 2 is 1.44 bits per heavy atom. The number of hydrogen-bond acceptors (Lipinski definition) is 4. The molecule has 0 aliphatic carbocycles. The monoisotopic (exact) mass is 244 g/mol. The Morgan fingerprint density at radius 1 is 0.889 bits per heavy atom. The van der Waals surface area contributed by atoms with Crippen LogP contribution in [0.4, 0.5) is 0 Å². The van der Waals surface area contributed by atoms with E-state index in [4.69, 9.17) is 0 Å². The third kappa shape index (κ3) is 2.19. The van der Waals surface area contributed by atoms with Gasteiger partial charge in [-0.3, -0.25) is 4.79 Å². The Morgan fingerprint density at radius 3 is 2.00 bits per heavy atom. The first kappa shape index (κ1) is 12.1. The van der Waals surface area contributed by atoms with Crippen molar-refractivity contribution in [3.05, 3.63) is 59.7 Å². The van der Waals surface area contributed by atoms with Gasteiger partial charge >= 0.3 is 0 Å². The summed E-state index contributed by atoms with van der Waals surface area (Å²) >= 11 is 0. The third-order valence-corrected chi connectivity index (χ3v) is 2.64. The third-order valence-electron chi connectivity index (χ3n) is 2.64. The van der Waals surface area contributed by atoms with Gasteiger partial charge in [0.1, 0.15) is 17.6 Å². The van der Waals surface area contributed by atoms with Crippen LogP contribution in [0.5, 0.6) is 11.5 Å². The van der Waals surface area contributed by atoms with Crippen LogP contribution >= 0.6 is 0 Å². The van der Waals surface area contributed by atoms with E-state index in [0.29, 0.717) is 5.56 Å². The maximum Gasteiger partial charge on any atom is 0.196 e. The topological polar surface area (TPSA) is 77.8 Å². The molecule has 2 rings (SSSR count). The lowest BCUT2D eigenvalue weighted by molar-refractivity contribution is 0.0737. The minimum absolute atomic E-state index is 0.175. The number of carbonyl (C=O) groups is 1. The molecule has 0 fully saturated rings. The van der Waals surface area contributed by atoms with Crippen LogP contribution in [0.3, 0.4) is 0 Å². The Bertz CT molecular complexity index is 543. The van der Waals surface area contributed by atoms with Gasteiger partial charge in [-0.2, -0.15) is 0 Å². The van der Waals surface area contributed by atoms with Crippen molar-refractivity contribution >= 4 is 5.78 Å². The maximum absolute atomic E-state index is 12.0. The van der Waals surface area contributed by atoms with Gasteiger partial charge in [0.05, 0.1) is 5.56 Å². The molecule has 18 heavy (non-hydrogen) atoms. The molecule has 4 heteroatoms. The lowest BCUT2D eigenvalue weighted by Crippen LogP contribution is -2.12. The molecule has 1 unspecified atom stereocenters.